The summed E-state index contributed by atoms with van der Waals surface area (Å²) in [5, 5.41) is 2.86. The summed E-state index contributed by atoms with van der Waals surface area (Å²) in [6.45, 7) is 1.72. The average Bonchev–Trinajstić information content (AvgIpc) is 2.68. The van der Waals surface area contributed by atoms with Gasteiger partial charge in [0.25, 0.3) is 5.91 Å². The van der Waals surface area contributed by atoms with Crippen LogP contribution in [0.15, 0.2) is 54.6 Å². The first kappa shape index (κ1) is 17.7. The van der Waals surface area contributed by atoms with Crippen LogP contribution in [-0.4, -0.2) is 31.1 Å². The highest BCUT2D eigenvalue weighted by Crippen LogP contribution is 2.19. The molecule has 3 amide bonds. The van der Waals surface area contributed by atoms with Crippen molar-refractivity contribution in [3.8, 4) is 0 Å². The lowest BCUT2D eigenvalue weighted by molar-refractivity contribution is 0.0935. The molecule has 1 saturated heterocycles. The summed E-state index contributed by atoms with van der Waals surface area (Å²) in [7, 11) is 0. The zero-order valence-corrected chi connectivity index (χ0v) is 14.2. The second-order valence-corrected chi connectivity index (χ2v) is 6.16. The molecular formula is C19H21FN4O2. The number of rotatable bonds is 3. The third-order valence-electron chi connectivity index (χ3n) is 4.35. The minimum Gasteiger partial charge on any atom is -0.371 e. The number of anilines is 1. The number of halogens is 1. The van der Waals surface area contributed by atoms with Crippen molar-refractivity contribution < 1.29 is 14.0 Å². The van der Waals surface area contributed by atoms with Gasteiger partial charge in [0.15, 0.2) is 0 Å². The molecule has 0 atom stereocenters. The fourth-order valence-electron chi connectivity index (χ4n) is 2.93. The Balaban J connectivity index is 1.40. The van der Waals surface area contributed by atoms with Crippen molar-refractivity contribution in [3.63, 3.8) is 0 Å². The van der Waals surface area contributed by atoms with Gasteiger partial charge in [-0.1, -0.05) is 18.2 Å². The lowest BCUT2D eigenvalue weighted by Crippen LogP contribution is -2.52. The third kappa shape index (κ3) is 4.72. The molecule has 7 heteroatoms. The van der Waals surface area contributed by atoms with Gasteiger partial charge >= 0.3 is 6.03 Å². The Morgan fingerprint density at radius 3 is 2.23 bits per heavy atom. The number of amides is 3. The summed E-state index contributed by atoms with van der Waals surface area (Å²) in [6, 6.07) is 14.8. The Kier molecular flexibility index (Phi) is 5.68. The fraction of sp³-hybridized carbons (Fsp3) is 0.263. The summed E-state index contributed by atoms with van der Waals surface area (Å²) < 4.78 is 12.8. The molecular weight excluding hydrogens is 335 g/mol. The van der Waals surface area contributed by atoms with E-state index in [1.165, 1.54) is 30.0 Å². The Bertz CT molecular complexity index is 744. The van der Waals surface area contributed by atoms with Gasteiger partial charge in [0.2, 0.25) is 0 Å². The molecule has 26 heavy (non-hydrogen) atoms. The molecule has 0 aliphatic carbocycles. The Hall–Kier alpha value is -3.09. The maximum Gasteiger partial charge on any atom is 0.333 e. The summed E-state index contributed by atoms with van der Waals surface area (Å²) in [5.74, 6) is -0.923. The topological polar surface area (TPSA) is 73.5 Å². The molecule has 1 aliphatic rings. The van der Waals surface area contributed by atoms with E-state index in [1.807, 2.05) is 18.2 Å². The summed E-state index contributed by atoms with van der Waals surface area (Å²) >= 11 is 0. The third-order valence-corrected chi connectivity index (χ3v) is 4.35. The van der Waals surface area contributed by atoms with E-state index >= 15 is 0 Å². The molecule has 0 unspecified atom stereocenters. The lowest BCUT2D eigenvalue weighted by Gasteiger charge is -2.33. The minimum atomic E-state index is -0.501. The molecule has 1 aliphatic heterocycles. The molecule has 136 valence electrons. The van der Waals surface area contributed by atoms with Gasteiger partial charge in [-0.2, -0.15) is 0 Å². The van der Waals surface area contributed by atoms with E-state index in [0.29, 0.717) is 0 Å². The quantitative estimate of drug-likeness (QED) is 0.740. The Labute approximate surface area is 151 Å². The highest BCUT2D eigenvalue weighted by atomic mass is 19.1. The van der Waals surface area contributed by atoms with Gasteiger partial charge in [0, 0.05) is 30.4 Å². The Morgan fingerprint density at radius 2 is 1.58 bits per heavy atom. The predicted molar refractivity (Wildman–Crippen MR) is 97.2 cm³/mol. The molecule has 0 aromatic heterocycles. The average molecular weight is 356 g/mol. The van der Waals surface area contributed by atoms with Gasteiger partial charge in [0.05, 0.1) is 0 Å². The molecule has 1 fully saturated rings. The number of hydrogen-bond acceptors (Lipinski definition) is 3. The molecule has 3 N–H and O–H groups in total. The maximum atomic E-state index is 12.8. The standard InChI is InChI=1S/C19H21FN4O2/c20-15-8-6-14(7-9-15)18(25)22-23-19(26)21-16-10-12-24(13-11-16)17-4-2-1-3-5-17/h1-9,16H,10-13H2,(H,22,25)(H2,21,23,26). The molecule has 2 aromatic rings. The number of nitrogens with one attached hydrogen (secondary N) is 3. The number of para-hydroxylation sites is 1. The number of hydrazine groups is 1. The largest absolute Gasteiger partial charge is 0.371 e. The SMILES string of the molecule is O=C(NNC(=O)c1ccc(F)cc1)NC1CCN(c2ccccc2)CC1. The van der Waals surface area contributed by atoms with Crippen LogP contribution >= 0.6 is 0 Å². The smallest absolute Gasteiger partial charge is 0.333 e. The number of benzene rings is 2. The van der Waals surface area contributed by atoms with Gasteiger partial charge in [-0.15, -0.1) is 0 Å². The van der Waals surface area contributed by atoms with E-state index in [4.69, 9.17) is 0 Å². The predicted octanol–water partition coefficient (Wildman–Crippen LogP) is 2.44. The van der Waals surface area contributed by atoms with Crippen LogP contribution in [0.4, 0.5) is 14.9 Å². The lowest BCUT2D eigenvalue weighted by atomic mass is 10.0. The van der Waals surface area contributed by atoms with Crippen LogP contribution in [-0.2, 0) is 0 Å². The maximum absolute atomic E-state index is 12.8. The van der Waals surface area contributed by atoms with Crippen LogP contribution in [0, 0.1) is 5.82 Å². The van der Waals surface area contributed by atoms with Crippen molar-refractivity contribution in [1.29, 1.82) is 0 Å². The normalized spacial score (nSPS) is 14.6. The van der Waals surface area contributed by atoms with E-state index in [1.54, 1.807) is 0 Å². The highest BCUT2D eigenvalue weighted by Gasteiger charge is 2.21. The summed E-state index contributed by atoms with van der Waals surface area (Å²) in [6.07, 6.45) is 1.66. The van der Waals surface area contributed by atoms with Crippen molar-refractivity contribution in [2.45, 2.75) is 18.9 Å². The molecule has 3 rings (SSSR count). The number of nitrogens with zero attached hydrogens (tertiary/aromatic N) is 1. The second-order valence-electron chi connectivity index (χ2n) is 6.16. The van der Waals surface area contributed by atoms with Crippen LogP contribution in [0.1, 0.15) is 23.2 Å². The molecule has 2 aromatic carbocycles. The van der Waals surface area contributed by atoms with E-state index in [2.05, 4.69) is 33.2 Å². The Morgan fingerprint density at radius 1 is 0.923 bits per heavy atom. The minimum absolute atomic E-state index is 0.0534. The summed E-state index contributed by atoms with van der Waals surface area (Å²) in [5.41, 5.74) is 6.09. The molecule has 0 saturated carbocycles. The van der Waals surface area contributed by atoms with Gasteiger partial charge in [-0.3, -0.25) is 10.2 Å². The zero-order valence-electron chi connectivity index (χ0n) is 14.2. The van der Waals surface area contributed by atoms with E-state index in [-0.39, 0.29) is 11.6 Å². The highest BCUT2D eigenvalue weighted by molar-refractivity contribution is 5.95. The van der Waals surface area contributed by atoms with Crippen LogP contribution in [0.2, 0.25) is 0 Å². The molecule has 0 bridgehead atoms. The number of piperidine rings is 1. The number of hydrogen-bond donors (Lipinski definition) is 3. The molecule has 1 heterocycles. The number of carbonyl (C=O) groups excluding carboxylic acids is 2. The molecule has 0 radical (unpaired) electrons. The monoisotopic (exact) mass is 356 g/mol. The van der Waals surface area contributed by atoms with Crippen LogP contribution in [0.25, 0.3) is 0 Å². The second kappa shape index (κ2) is 8.33. The van der Waals surface area contributed by atoms with Crippen molar-refractivity contribution >= 4 is 17.6 Å². The van der Waals surface area contributed by atoms with Crippen molar-refractivity contribution in [3.05, 3.63) is 66.0 Å². The first-order valence-corrected chi connectivity index (χ1v) is 8.54. The first-order chi connectivity index (χ1) is 12.6. The van der Waals surface area contributed by atoms with Crippen LogP contribution in [0.5, 0.6) is 0 Å². The summed E-state index contributed by atoms with van der Waals surface area (Å²) in [4.78, 5) is 26.1. The molecule has 0 spiro atoms. The zero-order chi connectivity index (χ0) is 18.4. The number of carbonyl (C=O) groups is 2. The van der Waals surface area contributed by atoms with E-state index < -0.39 is 17.8 Å². The van der Waals surface area contributed by atoms with Gasteiger partial charge in [-0.25, -0.2) is 14.6 Å². The van der Waals surface area contributed by atoms with Crippen molar-refractivity contribution in [2.75, 3.05) is 18.0 Å². The van der Waals surface area contributed by atoms with Crippen LogP contribution < -0.4 is 21.1 Å². The van der Waals surface area contributed by atoms with E-state index in [9.17, 15) is 14.0 Å². The number of urea groups is 1. The van der Waals surface area contributed by atoms with Crippen molar-refractivity contribution in [1.82, 2.24) is 16.2 Å². The van der Waals surface area contributed by atoms with Gasteiger partial charge < -0.3 is 10.2 Å². The molecule has 6 nitrogen and oxygen atoms in total. The van der Waals surface area contributed by atoms with Gasteiger partial charge in [-0.05, 0) is 49.2 Å². The van der Waals surface area contributed by atoms with E-state index in [0.717, 1.165) is 25.9 Å². The first-order valence-electron chi connectivity index (χ1n) is 8.54. The fourth-order valence-corrected chi connectivity index (χ4v) is 2.93. The van der Waals surface area contributed by atoms with Crippen LogP contribution in [0.3, 0.4) is 0 Å². The van der Waals surface area contributed by atoms with Gasteiger partial charge in [0.1, 0.15) is 5.82 Å². The van der Waals surface area contributed by atoms with Crippen molar-refractivity contribution in [2.24, 2.45) is 0 Å².